The van der Waals surface area contributed by atoms with Crippen LogP contribution in [0.15, 0.2) is 42.0 Å². The van der Waals surface area contributed by atoms with Gasteiger partial charge in [0.1, 0.15) is 18.0 Å². The average molecular weight is 890 g/mol. The number of rotatable bonds is 8. The molecule has 0 aromatic heterocycles. The number of carbonyl (C=O) groups is 2. The molecule has 1 aromatic rings. The average Bonchev–Trinajstić information content (AvgIpc) is 4.02. The van der Waals surface area contributed by atoms with Crippen LogP contribution in [0.4, 0.5) is 0 Å². The number of carbonyl (C=O) groups excluding carboxylic acids is 2. The van der Waals surface area contributed by atoms with E-state index >= 15 is 0 Å². The monoisotopic (exact) mass is 890 g/mol. The van der Waals surface area contributed by atoms with Crippen LogP contribution in [0.25, 0.3) is 0 Å². The van der Waals surface area contributed by atoms with Gasteiger partial charge in [0.25, 0.3) is 0 Å². The van der Waals surface area contributed by atoms with Crippen molar-refractivity contribution in [1.82, 2.24) is 5.32 Å². The minimum absolute atomic E-state index is 0.0775. The summed E-state index contributed by atoms with van der Waals surface area (Å²) in [6.45, 7) is 2.08. The number of allylic oxidation sites excluding steroid dienone is 2. The molecule has 1 heterocycles. The Bertz CT molecular complexity index is 2170. The van der Waals surface area contributed by atoms with Crippen LogP contribution < -0.4 is 5.32 Å². The SMILES string of the molecule is CCCCC[C@@H]1C[C@]2(C=O)[C@H]3CC[C@@]45CCC#Cc6cccc(CO)c6C[C@@H](NC)[C@@H]6C[C@@H](C[C@]4(O)[C@]3(O)C[C@H]3C[C@H]4[C@H](C=CC[C@@H]4C4CCCC4)C[C@H]([C@H]1O)[C@@]32O)[C@@H]5C1=CC(=O)O[C@H]16. The zero-order valence-corrected chi connectivity index (χ0v) is 38.9. The molecular formula is C56H75NO8. The molecule has 352 valence electrons. The minimum Gasteiger partial charge on any atom is -0.454 e. The molecule has 1 aromatic carbocycles. The number of unbranched alkanes of at least 4 members (excludes halogenated alkanes) is 2. The highest BCUT2D eigenvalue weighted by molar-refractivity contribution is 5.86. The molecule has 0 unspecified atom stereocenters. The number of ether oxygens (including phenoxy) is 1. The van der Waals surface area contributed by atoms with Crippen LogP contribution in [0, 0.1) is 87.8 Å². The van der Waals surface area contributed by atoms with Crippen molar-refractivity contribution in [3.8, 4) is 11.8 Å². The molecule has 65 heavy (non-hydrogen) atoms. The summed E-state index contributed by atoms with van der Waals surface area (Å²) in [4.78, 5) is 28.3. The molecule has 11 rings (SSSR count). The molecule has 0 saturated heterocycles. The summed E-state index contributed by atoms with van der Waals surface area (Å²) < 4.78 is 6.32. The first-order chi connectivity index (χ1) is 31.4. The number of hydrogen-bond donors (Lipinski definition) is 6. The summed E-state index contributed by atoms with van der Waals surface area (Å²) >= 11 is 0. The van der Waals surface area contributed by atoms with E-state index in [-0.39, 0.29) is 60.5 Å². The topological polar surface area (TPSA) is 157 Å². The molecule has 4 bridgehead atoms. The molecule has 10 aliphatic rings. The first-order valence-corrected chi connectivity index (χ1v) is 26.2. The third-order valence-corrected chi connectivity index (χ3v) is 21.4. The summed E-state index contributed by atoms with van der Waals surface area (Å²) in [6.07, 6.45) is 21.2. The van der Waals surface area contributed by atoms with E-state index in [4.69, 9.17) is 4.74 Å². The first-order valence-electron chi connectivity index (χ1n) is 26.2. The summed E-state index contributed by atoms with van der Waals surface area (Å²) in [7, 11) is 1.95. The molecule has 1 aliphatic heterocycles. The zero-order valence-electron chi connectivity index (χ0n) is 38.9. The predicted molar refractivity (Wildman–Crippen MR) is 246 cm³/mol. The number of hydrogen-bond acceptors (Lipinski definition) is 9. The molecule has 9 heteroatoms. The van der Waals surface area contributed by atoms with Crippen LogP contribution in [-0.2, 0) is 27.4 Å². The highest BCUT2D eigenvalue weighted by Gasteiger charge is 2.83. The number of likely N-dealkylation sites (N-methyl/N-ethyl adjacent to an activating group) is 1. The van der Waals surface area contributed by atoms with Gasteiger partial charge in [-0.25, -0.2) is 4.79 Å². The quantitative estimate of drug-likeness (QED) is 0.0526. The van der Waals surface area contributed by atoms with Gasteiger partial charge in [0.15, 0.2) is 0 Å². The predicted octanol–water partition coefficient (Wildman–Crippen LogP) is 7.13. The Morgan fingerprint density at radius 1 is 0.969 bits per heavy atom. The Balaban J connectivity index is 1.07. The molecule has 1 spiro atoms. The molecular weight excluding hydrogens is 815 g/mol. The van der Waals surface area contributed by atoms with Crippen molar-refractivity contribution in [2.75, 3.05) is 7.05 Å². The third kappa shape index (κ3) is 6.18. The van der Waals surface area contributed by atoms with Gasteiger partial charge >= 0.3 is 5.97 Å². The Morgan fingerprint density at radius 2 is 1.80 bits per heavy atom. The number of fused-ring (bicyclic) bond motifs is 8. The van der Waals surface area contributed by atoms with E-state index in [1.807, 2.05) is 25.2 Å². The van der Waals surface area contributed by atoms with Gasteiger partial charge in [0.2, 0.25) is 0 Å². The maximum absolute atomic E-state index is 14.7. The van der Waals surface area contributed by atoms with Crippen molar-refractivity contribution in [2.45, 2.75) is 177 Å². The second-order valence-corrected chi connectivity index (χ2v) is 23.5. The van der Waals surface area contributed by atoms with E-state index in [2.05, 4.69) is 36.2 Å². The molecule has 0 amide bonds. The number of benzene rings is 1. The smallest absolute Gasteiger partial charge is 0.331 e. The van der Waals surface area contributed by atoms with Gasteiger partial charge in [-0.1, -0.05) is 88.0 Å². The largest absolute Gasteiger partial charge is 0.454 e. The lowest BCUT2D eigenvalue weighted by atomic mass is 9.35. The summed E-state index contributed by atoms with van der Waals surface area (Å²) in [5, 5.41) is 69.8. The van der Waals surface area contributed by atoms with E-state index < -0.39 is 57.6 Å². The molecule has 7 saturated carbocycles. The lowest BCUT2D eigenvalue weighted by Crippen LogP contribution is -2.81. The molecule has 0 radical (unpaired) electrons. The van der Waals surface area contributed by atoms with Crippen molar-refractivity contribution in [2.24, 2.45) is 75.9 Å². The Labute approximate surface area is 386 Å². The fourth-order valence-electron chi connectivity index (χ4n) is 19.0. The van der Waals surface area contributed by atoms with E-state index in [0.717, 1.165) is 60.7 Å². The Kier molecular flexibility index (Phi) is 11.3. The van der Waals surface area contributed by atoms with E-state index in [0.29, 0.717) is 76.0 Å². The molecule has 18 atom stereocenters. The van der Waals surface area contributed by atoms with Crippen molar-refractivity contribution in [1.29, 1.82) is 0 Å². The third-order valence-electron chi connectivity index (χ3n) is 21.4. The Morgan fingerprint density at radius 3 is 2.57 bits per heavy atom. The highest BCUT2D eigenvalue weighted by atomic mass is 16.5. The van der Waals surface area contributed by atoms with E-state index in [1.54, 1.807) is 6.08 Å². The fourth-order valence-corrected chi connectivity index (χ4v) is 19.0. The van der Waals surface area contributed by atoms with Crippen molar-refractivity contribution in [3.05, 3.63) is 58.7 Å². The summed E-state index contributed by atoms with van der Waals surface area (Å²) in [6, 6.07) is 5.78. The van der Waals surface area contributed by atoms with E-state index in [1.165, 1.54) is 25.7 Å². The van der Waals surface area contributed by atoms with Crippen LogP contribution in [0.3, 0.4) is 0 Å². The number of nitrogens with one attached hydrogen (secondary N) is 1. The fraction of sp³-hybridized carbons (Fsp3) is 0.750. The second-order valence-electron chi connectivity index (χ2n) is 23.5. The van der Waals surface area contributed by atoms with Crippen LogP contribution in [0.5, 0.6) is 0 Å². The molecule has 9 nitrogen and oxygen atoms in total. The van der Waals surface area contributed by atoms with Gasteiger partial charge in [-0.2, -0.15) is 0 Å². The van der Waals surface area contributed by atoms with Crippen molar-refractivity contribution in [3.63, 3.8) is 0 Å². The number of esters is 1. The molecule has 9 aliphatic carbocycles. The van der Waals surface area contributed by atoms with E-state index in [9.17, 15) is 35.1 Å². The van der Waals surface area contributed by atoms with Gasteiger partial charge in [-0.3, -0.25) is 0 Å². The number of aliphatic hydroxyl groups excluding tert-OH is 2. The van der Waals surface area contributed by atoms with Gasteiger partial charge in [0, 0.05) is 47.3 Å². The van der Waals surface area contributed by atoms with Crippen LogP contribution in [0.2, 0.25) is 0 Å². The highest BCUT2D eigenvalue weighted by Crippen LogP contribution is 2.78. The van der Waals surface area contributed by atoms with Crippen LogP contribution >= 0.6 is 0 Å². The second kappa shape index (κ2) is 16.4. The lowest BCUT2D eigenvalue weighted by Gasteiger charge is -2.72. The van der Waals surface area contributed by atoms with Gasteiger partial charge in [-0.05, 0) is 154 Å². The van der Waals surface area contributed by atoms with Crippen LogP contribution in [-0.4, -0.2) is 79.9 Å². The molecule has 7 fully saturated rings. The van der Waals surface area contributed by atoms with Gasteiger partial charge in [0.05, 0.1) is 29.3 Å². The zero-order chi connectivity index (χ0) is 45.1. The normalized spacial score (nSPS) is 48.3. The van der Waals surface area contributed by atoms with Crippen molar-refractivity contribution >= 4 is 12.3 Å². The van der Waals surface area contributed by atoms with Crippen molar-refractivity contribution < 1.29 is 39.9 Å². The standard InChI is InChI=1S/C56H75NO8/c1-3-4-5-15-36-28-53(32-59)47-20-22-52-21-9-8-14-34-16-10-18-37(31-58)41(34)26-46(57-2)43-23-38(49(52)44-27-48(60)65-51(43)44)29-55(52,63)54(47,62)30-39-25-42-35(24-45(50(36)61)56(39,53)64)17-11-19-40(42)33-12-6-7-13-33/h10-11,16-18,27,32-33,35-36,38-40,42-43,45-47,49-51,57-58,61-64H,3-7,9,12-13,15,19-26,28-31H2,1-2H3/t35-,36-,38+,39-,40-,42+,43+,45-,46-,47-,49-,50+,51+,52-,53+,54+,55-,56+/m1/s1. The maximum Gasteiger partial charge on any atom is 0.331 e. The summed E-state index contributed by atoms with van der Waals surface area (Å²) in [5.74, 6) is 5.78. The minimum atomic E-state index is -1.72. The van der Waals surface area contributed by atoms with Gasteiger partial charge in [-0.15, -0.1) is 0 Å². The lowest BCUT2D eigenvalue weighted by molar-refractivity contribution is -0.348. The number of aliphatic hydroxyl groups is 5. The molecule has 6 N–H and O–H groups in total. The Hall–Kier alpha value is -2.84. The number of aldehydes is 1. The first kappa shape index (κ1) is 44.7. The summed E-state index contributed by atoms with van der Waals surface area (Å²) in [5.41, 5.74) is -3.51. The van der Waals surface area contributed by atoms with Crippen LogP contribution in [0.1, 0.15) is 146 Å². The maximum atomic E-state index is 14.7. The van der Waals surface area contributed by atoms with Gasteiger partial charge < -0.3 is 40.4 Å².